The summed E-state index contributed by atoms with van der Waals surface area (Å²) in [5.74, 6) is 0.859. The van der Waals surface area contributed by atoms with Gasteiger partial charge in [0.15, 0.2) is 17.3 Å². The van der Waals surface area contributed by atoms with Gasteiger partial charge in [0, 0.05) is 22.1 Å². The van der Waals surface area contributed by atoms with E-state index in [4.69, 9.17) is 9.47 Å². The minimum absolute atomic E-state index is 0.193. The second-order valence-corrected chi connectivity index (χ2v) is 7.17. The summed E-state index contributed by atoms with van der Waals surface area (Å²) in [6.07, 6.45) is 0. The zero-order valence-corrected chi connectivity index (χ0v) is 16.4. The third-order valence-electron chi connectivity index (χ3n) is 4.41. The Kier molecular flexibility index (Phi) is 5.12. The molecule has 28 heavy (non-hydrogen) atoms. The molecule has 1 aliphatic rings. The highest BCUT2D eigenvalue weighted by Gasteiger charge is 2.18. The molecule has 140 valence electrons. The number of hydrogen-bond donors (Lipinski definition) is 1. The molecule has 1 heterocycles. The molecule has 5 nitrogen and oxygen atoms in total. The number of fused-ring (bicyclic) bond motifs is 1. The molecule has 0 spiro atoms. The Labute approximate surface area is 170 Å². The molecule has 1 aliphatic heterocycles. The molecule has 3 aromatic rings. The average Bonchev–Trinajstić information content (AvgIpc) is 3.20. The molecular weight excluding hydrogens is 422 g/mol. The summed E-state index contributed by atoms with van der Waals surface area (Å²) < 4.78 is 11.5. The second kappa shape index (κ2) is 7.86. The normalized spacial score (nSPS) is 11.9. The van der Waals surface area contributed by atoms with Gasteiger partial charge in [-0.2, -0.15) is 0 Å². The van der Waals surface area contributed by atoms with Crippen LogP contribution in [0.2, 0.25) is 0 Å². The highest BCUT2D eigenvalue weighted by atomic mass is 79.9. The minimum Gasteiger partial charge on any atom is -0.454 e. The van der Waals surface area contributed by atoms with Gasteiger partial charge in [0.25, 0.3) is 5.91 Å². The van der Waals surface area contributed by atoms with E-state index < -0.39 is 0 Å². The Morgan fingerprint density at radius 3 is 2.39 bits per heavy atom. The van der Waals surface area contributed by atoms with Crippen LogP contribution in [0, 0.1) is 0 Å². The zero-order valence-electron chi connectivity index (χ0n) is 14.8. The molecule has 0 bridgehead atoms. The molecule has 1 N–H and O–H groups in total. The number of ketones is 1. The fourth-order valence-electron chi connectivity index (χ4n) is 2.96. The fourth-order valence-corrected chi connectivity index (χ4v) is 3.23. The number of benzene rings is 3. The summed E-state index contributed by atoms with van der Waals surface area (Å²) in [6.45, 7) is 0.521. The summed E-state index contributed by atoms with van der Waals surface area (Å²) in [6, 6.07) is 19.4. The molecule has 6 heteroatoms. The van der Waals surface area contributed by atoms with E-state index in [1.54, 1.807) is 48.5 Å². The molecule has 1 amide bonds. The average molecular weight is 438 g/mol. The van der Waals surface area contributed by atoms with Gasteiger partial charge in [0.05, 0.1) is 5.56 Å². The molecule has 4 rings (SSSR count). The van der Waals surface area contributed by atoms with Crippen molar-refractivity contribution in [3.8, 4) is 11.5 Å². The molecule has 3 aromatic carbocycles. The first-order valence-corrected chi connectivity index (χ1v) is 9.47. The van der Waals surface area contributed by atoms with Crippen LogP contribution in [0.15, 0.2) is 71.2 Å². The maximum atomic E-state index is 12.9. The van der Waals surface area contributed by atoms with Crippen LogP contribution in [0.4, 0.5) is 0 Å². The molecule has 0 saturated heterocycles. The highest BCUT2D eigenvalue weighted by Crippen LogP contribution is 2.32. The van der Waals surface area contributed by atoms with Gasteiger partial charge in [-0.15, -0.1) is 0 Å². The number of halogens is 1. The van der Waals surface area contributed by atoms with Gasteiger partial charge in [-0.05, 0) is 48.0 Å². The Morgan fingerprint density at radius 2 is 1.61 bits per heavy atom. The van der Waals surface area contributed by atoms with E-state index in [1.807, 2.05) is 18.2 Å². The number of amides is 1. The third kappa shape index (κ3) is 3.77. The first kappa shape index (κ1) is 18.3. The third-order valence-corrected chi connectivity index (χ3v) is 4.94. The van der Waals surface area contributed by atoms with Crippen LogP contribution in [-0.2, 0) is 6.54 Å². The molecule has 0 fully saturated rings. The van der Waals surface area contributed by atoms with E-state index in [0.717, 1.165) is 10.0 Å². The lowest BCUT2D eigenvalue weighted by Crippen LogP contribution is -2.25. The van der Waals surface area contributed by atoms with Gasteiger partial charge in [-0.1, -0.05) is 40.2 Å². The summed E-state index contributed by atoms with van der Waals surface area (Å²) in [7, 11) is 0. The van der Waals surface area contributed by atoms with Crippen molar-refractivity contribution in [3.63, 3.8) is 0 Å². The summed E-state index contributed by atoms with van der Waals surface area (Å²) in [5.41, 5.74) is 2.12. The number of ether oxygens (including phenoxy) is 2. The maximum Gasteiger partial charge on any atom is 0.252 e. The lowest BCUT2D eigenvalue weighted by atomic mass is 9.98. The topological polar surface area (TPSA) is 64.6 Å². The highest BCUT2D eigenvalue weighted by molar-refractivity contribution is 9.10. The number of hydrogen-bond acceptors (Lipinski definition) is 4. The van der Waals surface area contributed by atoms with E-state index in [-0.39, 0.29) is 18.5 Å². The van der Waals surface area contributed by atoms with E-state index in [0.29, 0.717) is 34.7 Å². The van der Waals surface area contributed by atoms with Crippen LogP contribution in [0.1, 0.15) is 31.8 Å². The predicted molar refractivity (Wildman–Crippen MR) is 108 cm³/mol. The van der Waals surface area contributed by atoms with Crippen molar-refractivity contribution < 1.29 is 19.1 Å². The van der Waals surface area contributed by atoms with E-state index >= 15 is 0 Å². The molecule has 0 saturated carbocycles. The Balaban J connectivity index is 1.52. The smallest absolute Gasteiger partial charge is 0.252 e. The molecule has 0 aromatic heterocycles. The Morgan fingerprint density at radius 1 is 0.893 bits per heavy atom. The van der Waals surface area contributed by atoms with Crippen LogP contribution >= 0.6 is 15.9 Å². The number of nitrogens with one attached hydrogen (secondary N) is 1. The summed E-state index contributed by atoms with van der Waals surface area (Å²) >= 11 is 3.36. The standard InChI is InChI=1S/C22H16BrNO4/c23-16-8-6-15(7-9-16)21(25)17-3-1-2-4-18(17)22(26)24-12-14-5-10-19-20(11-14)28-13-27-19/h1-11H,12-13H2,(H,24,26). The zero-order chi connectivity index (χ0) is 19.5. The first-order valence-electron chi connectivity index (χ1n) is 8.68. The van der Waals surface area contributed by atoms with Gasteiger partial charge in [-0.3, -0.25) is 9.59 Å². The van der Waals surface area contributed by atoms with E-state index in [2.05, 4.69) is 21.2 Å². The summed E-state index contributed by atoms with van der Waals surface area (Å²) in [5, 5.41) is 2.87. The Bertz CT molecular complexity index is 1050. The fraction of sp³-hybridized carbons (Fsp3) is 0.0909. The lowest BCUT2D eigenvalue weighted by molar-refractivity contribution is 0.0939. The number of rotatable bonds is 5. The van der Waals surface area contributed by atoms with Crippen molar-refractivity contribution in [1.82, 2.24) is 5.32 Å². The van der Waals surface area contributed by atoms with Crippen molar-refractivity contribution in [2.45, 2.75) is 6.54 Å². The summed E-state index contributed by atoms with van der Waals surface area (Å²) in [4.78, 5) is 25.6. The predicted octanol–water partition coefficient (Wildman–Crippen LogP) is 4.34. The monoisotopic (exact) mass is 437 g/mol. The van der Waals surface area contributed by atoms with Crippen molar-refractivity contribution in [2.24, 2.45) is 0 Å². The quantitative estimate of drug-likeness (QED) is 0.603. The van der Waals surface area contributed by atoms with Crippen molar-refractivity contribution in [1.29, 1.82) is 0 Å². The first-order chi connectivity index (χ1) is 13.6. The second-order valence-electron chi connectivity index (χ2n) is 6.25. The number of carbonyl (C=O) groups excluding carboxylic acids is 2. The van der Waals surface area contributed by atoms with Crippen LogP contribution in [-0.4, -0.2) is 18.5 Å². The lowest BCUT2D eigenvalue weighted by Gasteiger charge is -2.10. The van der Waals surface area contributed by atoms with Crippen molar-refractivity contribution in [3.05, 3.63) is 93.5 Å². The van der Waals surface area contributed by atoms with Crippen LogP contribution in [0.3, 0.4) is 0 Å². The van der Waals surface area contributed by atoms with Gasteiger partial charge in [0.2, 0.25) is 6.79 Å². The molecular formula is C22H16BrNO4. The van der Waals surface area contributed by atoms with Crippen molar-refractivity contribution in [2.75, 3.05) is 6.79 Å². The van der Waals surface area contributed by atoms with Crippen LogP contribution in [0.25, 0.3) is 0 Å². The van der Waals surface area contributed by atoms with Crippen LogP contribution < -0.4 is 14.8 Å². The van der Waals surface area contributed by atoms with Crippen molar-refractivity contribution >= 4 is 27.6 Å². The minimum atomic E-state index is -0.307. The van der Waals surface area contributed by atoms with Gasteiger partial charge in [-0.25, -0.2) is 0 Å². The van der Waals surface area contributed by atoms with Gasteiger partial charge < -0.3 is 14.8 Å². The SMILES string of the molecule is O=C(NCc1ccc2c(c1)OCO2)c1ccccc1C(=O)c1ccc(Br)cc1. The molecule has 0 unspecified atom stereocenters. The van der Waals surface area contributed by atoms with E-state index in [1.165, 1.54) is 0 Å². The Hall–Kier alpha value is -3.12. The van der Waals surface area contributed by atoms with Crippen LogP contribution in [0.5, 0.6) is 11.5 Å². The van der Waals surface area contributed by atoms with E-state index in [9.17, 15) is 9.59 Å². The molecule has 0 radical (unpaired) electrons. The van der Waals surface area contributed by atoms with Gasteiger partial charge in [0.1, 0.15) is 0 Å². The maximum absolute atomic E-state index is 12.9. The largest absolute Gasteiger partial charge is 0.454 e. The number of carbonyl (C=O) groups is 2. The molecule has 0 atom stereocenters. The molecule has 0 aliphatic carbocycles. The van der Waals surface area contributed by atoms with Gasteiger partial charge >= 0.3 is 0 Å².